The van der Waals surface area contributed by atoms with Crippen molar-refractivity contribution in [1.29, 1.82) is 0 Å². The van der Waals surface area contributed by atoms with E-state index in [2.05, 4.69) is 41.1 Å². The van der Waals surface area contributed by atoms with Crippen molar-refractivity contribution in [2.45, 2.75) is 39.3 Å². The Balaban J connectivity index is 1.78. The van der Waals surface area contributed by atoms with Crippen molar-refractivity contribution in [3.63, 3.8) is 0 Å². The SMILES string of the molecule is Cc1csc(CN(C)C[C@H](C)N2CCCC2)n1. The van der Waals surface area contributed by atoms with E-state index in [1.807, 2.05) is 0 Å². The van der Waals surface area contributed by atoms with Crippen LogP contribution in [0.1, 0.15) is 30.5 Å². The summed E-state index contributed by atoms with van der Waals surface area (Å²) < 4.78 is 0. The van der Waals surface area contributed by atoms with Crippen molar-refractivity contribution >= 4 is 11.3 Å². The number of aryl methyl sites for hydroxylation is 1. The molecule has 1 atom stereocenters. The second kappa shape index (κ2) is 5.94. The van der Waals surface area contributed by atoms with Crippen molar-refractivity contribution in [2.24, 2.45) is 0 Å². The number of likely N-dealkylation sites (tertiary alicyclic amines) is 1. The molecule has 3 nitrogen and oxygen atoms in total. The van der Waals surface area contributed by atoms with Crippen LogP contribution in [0.2, 0.25) is 0 Å². The molecule has 2 heterocycles. The van der Waals surface area contributed by atoms with Crippen LogP contribution < -0.4 is 0 Å². The molecule has 1 aromatic heterocycles. The number of thiazole rings is 1. The third-order valence-electron chi connectivity index (χ3n) is 3.41. The number of likely N-dealkylation sites (N-methyl/N-ethyl adjacent to an activating group) is 1. The minimum absolute atomic E-state index is 0.670. The van der Waals surface area contributed by atoms with Gasteiger partial charge in [0.1, 0.15) is 5.01 Å². The van der Waals surface area contributed by atoms with Crippen LogP contribution in [0.4, 0.5) is 0 Å². The maximum absolute atomic E-state index is 4.52. The smallest absolute Gasteiger partial charge is 0.107 e. The van der Waals surface area contributed by atoms with Gasteiger partial charge < -0.3 is 0 Å². The first-order chi connectivity index (χ1) is 8.15. The number of nitrogens with zero attached hydrogens (tertiary/aromatic N) is 3. The fourth-order valence-electron chi connectivity index (χ4n) is 2.52. The van der Waals surface area contributed by atoms with Gasteiger partial charge in [0.25, 0.3) is 0 Å². The van der Waals surface area contributed by atoms with Gasteiger partial charge in [0.05, 0.1) is 6.54 Å². The highest BCUT2D eigenvalue weighted by Crippen LogP contribution is 2.14. The molecule has 0 aliphatic carbocycles. The first-order valence-corrected chi connectivity index (χ1v) is 7.36. The van der Waals surface area contributed by atoms with E-state index in [9.17, 15) is 0 Å². The maximum atomic E-state index is 4.52. The molecule has 2 rings (SSSR count). The average Bonchev–Trinajstić information content (AvgIpc) is 2.89. The molecule has 4 heteroatoms. The van der Waals surface area contributed by atoms with Crippen LogP contribution >= 0.6 is 11.3 Å². The van der Waals surface area contributed by atoms with E-state index >= 15 is 0 Å². The lowest BCUT2D eigenvalue weighted by molar-refractivity contribution is 0.188. The number of aromatic nitrogens is 1. The lowest BCUT2D eigenvalue weighted by atomic mass is 10.3. The van der Waals surface area contributed by atoms with E-state index in [4.69, 9.17) is 0 Å². The molecule has 0 unspecified atom stereocenters. The summed E-state index contributed by atoms with van der Waals surface area (Å²) in [7, 11) is 2.20. The molecule has 96 valence electrons. The van der Waals surface area contributed by atoms with Gasteiger partial charge in [-0.1, -0.05) is 0 Å². The summed E-state index contributed by atoms with van der Waals surface area (Å²) in [6.45, 7) is 9.09. The van der Waals surface area contributed by atoms with Crippen molar-refractivity contribution < 1.29 is 0 Å². The minimum atomic E-state index is 0.670. The molecular formula is C13H23N3S. The summed E-state index contributed by atoms with van der Waals surface area (Å²) in [6, 6.07) is 0.670. The summed E-state index contributed by atoms with van der Waals surface area (Å²) in [6.07, 6.45) is 2.75. The standard InChI is InChI=1S/C13H23N3S/c1-11-10-17-13(14-11)9-15(3)8-12(2)16-6-4-5-7-16/h10,12H,4-9H2,1-3H3/t12-/m0/s1. The van der Waals surface area contributed by atoms with Gasteiger partial charge in [-0.15, -0.1) is 11.3 Å². The van der Waals surface area contributed by atoms with E-state index in [0.717, 1.165) is 18.8 Å². The van der Waals surface area contributed by atoms with E-state index in [1.165, 1.54) is 30.9 Å². The van der Waals surface area contributed by atoms with E-state index in [0.29, 0.717) is 6.04 Å². The Hall–Kier alpha value is -0.450. The Morgan fingerprint density at radius 2 is 2.18 bits per heavy atom. The summed E-state index contributed by atoms with van der Waals surface area (Å²) in [5.74, 6) is 0. The third kappa shape index (κ3) is 3.76. The molecule has 0 saturated carbocycles. The van der Waals surface area contributed by atoms with Gasteiger partial charge >= 0.3 is 0 Å². The van der Waals surface area contributed by atoms with Crippen LogP contribution in [0.5, 0.6) is 0 Å². The van der Waals surface area contributed by atoms with Crippen LogP contribution in [0, 0.1) is 6.92 Å². The summed E-state index contributed by atoms with van der Waals surface area (Å²) in [5.41, 5.74) is 1.14. The fraction of sp³-hybridized carbons (Fsp3) is 0.769. The van der Waals surface area contributed by atoms with Gasteiger partial charge in [-0.05, 0) is 46.8 Å². The second-order valence-corrected chi connectivity index (χ2v) is 6.11. The molecule has 1 saturated heterocycles. The maximum Gasteiger partial charge on any atom is 0.107 e. The van der Waals surface area contributed by atoms with E-state index in [-0.39, 0.29) is 0 Å². The fourth-order valence-corrected chi connectivity index (χ4v) is 3.37. The Bertz CT molecular complexity index is 344. The topological polar surface area (TPSA) is 19.4 Å². The van der Waals surface area contributed by atoms with Gasteiger partial charge in [0.2, 0.25) is 0 Å². The molecule has 17 heavy (non-hydrogen) atoms. The van der Waals surface area contributed by atoms with Crippen molar-refractivity contribution in [2.75, 3.05) is 26.7 Å². The van der Waals surface area contributed by atoms with Crippen LogP contribution in [0.25, 0.3) is 0 Å². The quantitative estimate of drug-likeness (QED) is 0.803. The summed E-state index contributed by atoms with van der Waals surface area (Å²) in [5, 5.41) is 3.37. The second-order valence-electron chi connectivity index (χ2n) is 5.17. The van der Waals surface area contributed by atoms with Gasteiger partial charge in [-0.3, -0.25) is 9.80 Å². The average molecular weight is 253 g/mol. The lowest BCUT2D eigenvalue weighted by Gasteiger charge is -2.27. The third-order valence-corrected chi connectivity index (χ3v) is 4.36. The number of hydrogen-bond donors (Lipinski definition) is 0. The first-order valence-electron chi connectivity index (χ1n) is 6.49. The zero-order chi connectivity index (χ0) is 12.3. The van der Waals surface area contributed by atoms with Crippen molar-refractivity contribution in [3.8, 4) is 0 Å². The molecule has 0 bridgehead atoms. The van der Waals surface area contributed by atoms with Crippen LogP contribution in [0.3, 0.4) is 0 Å². The van der Waals surface area contributed by atoms with Gasteiger partial charge in [-0.25, -0.2) is 4.98 Å². The lowest BCUT2D eigenvalue weighted by Crippen LogP contribution is -2.39. The van der Waals surface area contributed by atoms with Crippen molar-refractivity contribution in [1.82, 2.24) is 14.8 Å². The number of hydrogen-bond acceptors (Lipinski definition) is 4. The minimum Gasteiger partial charge on any atom is -0.299 e. The molecule has 0 N–H and O–H groups in total. The molecule has 0 amide bonds. The highest BCUT2D eigenvalue weighted by atomic mass is 32.1. The largest absolute Gasteiger partial charge is 0.299 e. The van der Waals surface area contributed by atoms with Crippen LogP contribution in [-0.4, -0.2) is 47.5 Å². The number of rotatable bonds is 5. The van der Waals surface area contributed by atoms with E-state index < -0.39 is 0 Å². The molecule has 1 fully saturated rings. The zero-order valence-corrected chi connectivity index (χ0v) is 12.0. The normalized spacial score (nSPS) is 19.1. The molecule has 1 aliphatic rings. The molecule has 0 aromatic carbocycles. The Kier molecular flexibility index (Phi) is 4.54. The Morgan fingerprint density at radius 1 is 1.47 bits per heavy atom. The predicted molar refractivity (Wildman–Crippen MR) is 73.5 cm³/mol. The zero-order valence-electron chi connectivity index (χ0n) is 11.1. The highest BCUT2D eigenvalue weighted by Gasteiger charge is 2.19. The van der Waals surface area contributed by atoms with Gasteiger partial charge in [-0.2, -0.15) is 0 Å². The molecular weight excluding hydrogens is 230 g/mol. The monoisotopic (exact) mass is 253 g/mol. The summed E-state index contributed by atoms with van der Waals surface area (Å²) >= 11 is 1.77. The molecule has 1 aliphatic heterocycles. The first kappa shape index (κ1) is 13.0. The predicted octanol–water partition coefficient (Wildman–Crippen LogP) is 2.37. The molecule has 0 spiro atoms. The van der Waals surface area contributed by atoms with E-state index in [1.54, 1.807) is 11.3 Å². The molecule has 0 radical (unpaired) electrons. The van der Waals surface area contributed by atoms with Crippen LogP contribution in [-0.2, 0) is 6.54 Å². The highest BCUT2D eigenvalue weighted by molar-refractivity contribution is 7.09. The Morgan fingerprint density at radius 3 is 2.76 bits per heavy atom. The summed E-state index contributed by atoms with van der Waals surface area (Å²) in [4.78, 5) is 9.51. The van der Waals surface area contributed by atoms with Gasteiger partial charge in [0.15, 0.2) is 0 Å². The molecule has 1 aromatic rings. The van der Waals surface area contributed by atoms with Gasteiger partial charge in [0, 0.05) is 23.7 Å². The van der Waals surface area contributed by atoms with Crippen LogP contribution in [0.15, 0.2) is 5.38 Å². The van der Waals surface area contributed by atoms with Crippen molar-refractivity contribution in [3.05, 3.63) is 16.1 Å². The Labute approximate surface area is 108 Å².